The Balaban J connectivity index is 2.23. The number of thiophene rings is 1. The van der Waals surface area contributed by atoms with E-state index < -0.39 is 9.84 Å². The van der Waals surface area contributed by atoms with Crippen molar-refractivity contribution in [2.75, 3.05) is 38.3 Å². The van der Waals surface area contributed by atoms with Crippen molar-refractivity contribution in [2.24, 2.45) is 4.99 Å². The van der Waals surface area contributed by atoms with Crippen molar-refractivity contribution in [2.45, 2.75) is 13.5 Å². The van der Waals surface area contributed by atoms with Crippen molar-refractivity contribution in [3.8, 4) is 0 Å². The van der Waals surface area contributed by atoms with Gasteiger partial charge in [0.15, 0.2) is 5.96 Å². The molecule has 0 aliphatic rings. The zero-order valence-corrected chi connectivity index (χ0v) is 14.1. The molecule has 0 amide bonds. The molecule has 0 aliphatic carbocycles. The third kappa shape index (κ3) is 9.43. The van der Waals surface area contributed by atoms with Gasteiger partial charge >= 0.3 is 0 Å². The second-order valence-electron chi connectivity index (χ2n) is 4.44. The molecule has 0 bridgehead atoms. The van der Waals surface area contributed by atoms with Crippen LogP contribution in [0.2, 0.25) is 0 Å². The van der Waals surface area contributed by atoms with Gasteiger partial charge in [-0.25, -0.2) is 13.4 Å². The van der Waals surface area contributed by atoms with Gasteiger partial charge in [0.05, 0.1) is 25.5 Å². The predicted octanol–water partition coefficient (Wildman–Crippen LogP) is 0.864. The molecule has 0 radical (unpaired) electrons. The van der Waals surface area contributed by atoms with Gasteiger partial charge < -0.3 is 15.4 Å². The summed E-state index contributed by atoms with van der Waals surface area (Å²) in [5, 5.41) is 8.33. The highest BCUT2D eigenvalue weighted by atomic mass is 32.2. The van der Waals surface area contributed by atoms with Crippen molar-refractivity contribution in [3.63, 3.8) is 0 Å². The summed E-state index contributed by atoms with van der Waals surface area (Å²) in [5.41, 5.74) is 0. The Morgan fingerprint density at radius 1 is 1.38 bits per heavy atom. The molecule has 0 saturated heterocycles. The molecule has 21 heavy (non-hydrogen) atoms. The largest absolute Gasteiger partial charge is 0.379 e. The molecule has 0 fully saturated rings. The van der Waals surface area contributed by atoms with Crippen molar-refractivity contribution in [1.82, 2.24) is 10.6 Å². The van der Waals surface area contributed by atoms with Crippen LogP contribution in [0.1, 0.15) is 11.8 Å². The van der Waals surface area contributed by atoms with Crippen molar-refractivity contribution in [3.05, 3.63) is 22.4 Å². The number of aliphatic imine (C=N–C) groups is 1. The standard InChI is InChI=1S/C13H23N3O3S2/c1-3-14-13(16-11-12-5-4-9-20-12)15-6-7-19-8-10-21(2,17)18/h4-5,9H,3,6-8,10-11H2,1-2H3,(H2,14,15,16). The van der Waals surface area contributed by atoms with E-state index in [1.165, 1.54) is 11.1 Å². The smallest absolute Gasteiger partial charge is 0.191 e. The number of hydrogen-bond donors (Lipinski definition) is 2. The summed E-state index contributed by atoms with van der Waals surface area (Å²) in [6.07, 6.45) is 1.20. The van der Waals surface area contributed by atoms with Crippen LogP contribution < -0.4 is 10.6 Å². The van der Waals surface area contributed by atoms with Gasteiger partial charge in [0.1, 0.15) is 9.84 Å². The summed E-state index contributed by atoms with van der Waals surface area (Å²) in [7, 11) is -2.95. The molecule has 1 aromatic heterocycles. The van der Waals surface area contributed by atoms with Gasteiger partial charge in [0, 0.05) is 24.2 Å². The average molecular weight is 333 g/mol. The molecular weight excluding hydrogens is 310 g/mol. The monoisotopic (exact) mass is 333 g/mol. The predicted molar refractivity (Wildman–Crippen MR) is 87.7 cm³/mol. The molecule has 0 unspecified atom stereocenters. The van der Waals surface area contributed by atoms with E-state index in [4.69, 9.17) is 4.74 Å². The highest BCUT2D eigenvalue weighted by molar-refractivity contribution is 7.90. The molecule has 2 N–H and O–H groups in total. The van der Waals surface area contributed by atoms with E-state index >= 15 is 0 Å². The molecule has 0 saturated carbocycles. The molecule has 0 aromatic carbocycles. The summed E-state index contributed by atoms with van der Waals surface area (Å²) in [4.78, 5) is 5.67. The van der Waals surface area contributed by atoms with E-state index in [2.05, 4.69) is 15.6 Å². The Bertz CT molecular complexity index is 513. The molecule has 0 spiro atoms. The van der Waals surface area contributed by atoms with Gasteiger partial charge in [-0.3, -0.25) is 0 Å². The minimum Gasteiger partial charge on any atom is -0.379 e. The Labute approximate surface area is 130 Å². The van der Waals surface area contributed by atoms with Crippen molar-refractivity contribution in [1.29, 1.82) is 0 Å². The van der Waals surface area contributed by atoms with Gasteiger partial charge in [-0.05, 0) is 18.4 Å². The first-order valence-corrected chi connectivity index (χ1v) is 9.75. The number of rotatable bonds is 9. The highest BCUT2D eigenvalue weighted by Gasteiger charge is 2.01. The summed E-state index contributed by atoms with van der Waals surface area (Å²) >= 11 is 1.68. The third-order valence-corrected chi connectivity index (χ3v) is 4.22. The summed E-state index contributed by atoms with van der Waals surface area (Å²) in [5.74, 6) is 0.789. The molecule has 6 nitrogen and oxygen atoms in total. The number of guanidine groups is 1. The van der Waals surface area contributed by atoms with Crippen LogP contribution in [0.3, 0.4) is 0 Å². The lowest BCUT2D eigenvalue weighted by atomic mass is 10.5. The van der Waals surface area contributed by atoms with Crippen LogP contribution in [0.15, 0.2) is 22.5 Å². The SMILES string of the molecule is CCNC(=NCc1cccs1)NCCOCCS(C)(=O)=O. The van der Waals surface area contributed by atoms with Crippen LogP contribution >= 0.6 is 11.3 Å². The van der Waals surface area contributed by atoms with Gasteiger partial charge in [-0.15, -0.1) is 11.3 Å². The fourth-order valence-electron chi connectivity index (χ4n) is 1.46. The Kier molecular flexibility index (Phi) is 8.33. The van der Waals surface area contributed by atoms with E-state index in [0.717, 1.165) is 12.5 Å². The van der Waals surface area contributed by atoms with Crippen LogP contribution in [-0.4, -0.2) is 52.7 Å². The Morgan fingerprint density at radius 3 is 2.81 bits per heavy atom. The fourth-order valence-corrected chi connectivity index (χ4v) is 2.50. The molecule has 0 aliphatic heterocycles. The number of nitrogens with one attached hydrogen (secondary N) is 2. The highest BCUT2D eigenvalue weighted by Crippen LogP contribution is 2.09. The maximum atomic E-state index is 10.9. The third-order valence-electron chi connectivity index (χ3n) is 2.45. The van der Waals surface area contributed by atoms with Crippen LogP contribution in [0.5, 0.6) is 0 Å². The fraction of sp³-hybridized carbons (Fsp3) is 0.615. The Morgan fingerprint density at radius 2 is 2.19 bits per heavy atom. The number of hydrogen-bond acceptors (Lipinski definition) is 5. The molecule has 1 aromatic rings. The van der Waals surface area contributed by atoms with Crippen LogP contribution in [0.25, 0.3) is 0 Å². The van der Waals surface area contributed by atoms with E-state index in [9.17, 15) is 8.42 Å². The quantitative estimate of drug-likeness (QED) is 0.398. The van der Waals surface area contributed by atoms with E-state index in [1.54, 1.807) is 11.3 Å². The number of sulfone groups is 1. The number of ether oxygens (including phenoxy) is 1. The minimum absolute atomic E-state index is 0.0551. The van der Waals surface area contributed by atoms with E-state index in [1.807, 2.05) is 24.4 Å². The van der Waals surface area contributed by atoms with Gasteiger partial charge in [-0.2, -0.15) is 0 Å². The zero-order valence-electron chi connectivity index (χ0n) is 12.5. The molecule has 0 atom stereocenters. The molecule has 1 heterocycles. The zero-order chi connectivity index (χ0) is 15.6. The van der Waals surface area contributed by atoms with Crippen LogP contribution in [0.4, 0.5) is 0 Å². The summed E-state index contributed by atoms with van der Waals surface area (Å²) < 4.78 is 27.1. The first-order valence-electron chi connectivity index (χ1n) is 6.81. The first-order chi connectivity index (χ1) is 10.0. The number of nitrogens with zero attached hydrogens (tertiary/aromatic N) is 1. The first kappa shape index (κ1) is 17.9. The topological polar surface area (TPSA) is 79.8 Å². The minimum atomic E-state index is -2.95. The maximum Gasteiger partial charge on any atom is 0.191 e. The van der Waals surface area contributed by atoms with E-state index in [0.29, 0.717) is 19.7 Å². The van der Waals surface area contributed by atoms with Crippen LogP contribution in [0, 0.1) is 0 Å². The van der Waals surface area contributed by atoms with Crippen molar-refractivity contribution >= 4 is 27.1 Å². The van der Waals surface area contributed by atoms with E-state index in [-0.39, 0.29) is 12.4 Å². The summed E-state index contributed by atoms with van der Waals surface area (Å²) in [6, 6.07) is 4.05. The second kappa shape index (κ2) is 9.75. The maximum absolute atomic E-state index is 10.9. The lowest BCUT2D eigenvalue weighted by molar-refractivity contribution is 0.154. The van der Waals surface area contributed by atoms with Gasteiger partial charge in [0.2, 0.25) is 0 Å². The lowest BCUT2D eigenvalue weighted by Crippen LogP contribution is -2.39. The molecule has 1 rings (SSSR count). The van der Waals surface area contributed by atoms with Crippen LogP contribution in [-0.2, 0) is 21.1 Å². The van der Waals surface area contributed by atoms with Gasteiger partial charge in [-0.1, -0.05) is 6.07 Å². The normalized spacial score (nSPS) is 12.4. The Hall–Kier alpha value is -1.12. The lowest BCUT2D eigenvalue weighted by Gasteiger charge is -2.11. The molecule has 120 valence electrons. The van der Waals surface area contributed by atoms with Gasteiger partial charge in [0.25, 0.3) is 0 Å². The molecular formula is C13H23N3O3S2. The molecule has 8 heteroatoms. The second-order valence-corrected chi connectivity index (χ2v) is 7.74. The average Bonchev–Trinajstić information content (AvgIpc) is 2.91. The summed E-state index contributed by atoms with van der Waals surface area (Å²) in [6.45, 7) is 4.68. The van der Waals surface area contributed by atoms with Crippen molar-refractivity contribution < 1.29 is 13.2 Å².